The van der Waals surface area contributed by atoms with E-state index >= 15 is 0 Å². The molecule has 2 aromatic rings. The van der Waals surface area contributed by atoms with Crippen LogP contribution in [0.25, 0.3) is 10.8 Å². The minimum Gasteiger partial charge on any atom is -0.481 e. The van der Waals surface area contributed by atoms with E-state index in [1.165, 1.54) is 21.9 Å². The molecular formula is C18H21NO3. The molecule has 3 rings (SSSR count). The lowest BCUT2D eigenvalue weighted by Gasteiger charge is -2.34. The molecule has 22 heavy (non-hydrogen) atoms. The van der Waals surface area contributed by atoms with Crippen molar-refractivity contribution < 1.29 is 15.0 Å². The van der Waals surface area contributed by atoms with Crippen molar-refractivity contribution in [1.82, 2.24) is 4.90 Å². The maximum Gasteiger partial charge on any atom is 0.309 e. The number of hydrogen-bond acceptors (Lipinski definition) is 3. The molecule has 1 fully saturated rings. The first-order chi connectivity index (χ1) is 10.6. The van der Waals surface area contributed by atoms with Crippen molar-refractivity contribution in [3.63, 3.8) is 0 Å². The zero-order valence-corrected chi connectivity index (χ0v) is 12.7. The summed E-state index contributed by atoms with van der Waals surface area (Å²) in [4.78, 5) is 13.2. The number of carbonyl (C=O) groups is 1. The van der Waals surface area contributed by atoms with Crippen LogP contribution in [-0.2, 0) is 11.3 Å². The van der Waals surface area contributed by atoms with Gasteiger partial charge in [0, 0.05) is 13.1 Å². The monoisotopic (exact) mass is 299 g/mol. The van der Waals surface area contributed by atoms with Gasteiger partial charge >= 0.3 is 5.97 Å². The van der Waals surface area contributed by atoms with E-state index in [1.807, 2.05) is 12.1 Å². The number of aliphatic carboxylic acids is 1. The molecule has 1 saturated heterocycles. The molecule has 1 aliphatic heterocycles. The number of aliphatic hydroxyl groups is 1. The second-order valence-electron chi connectivity index (χ2n) is 6.12. The number of piperidine rings is 1. The SMILES string of the molecule is Cc1ccc(CN2CC[C@H](C(=O)O)[C@H](O)C2)c2ccccc12. The van der Waals surface area contributed by atoms with Crippen molar-refractivity contribution in [2.24, 2.45) is 5.92 Å². The summed E-state index contributed by atoms with van der Waals surface area (Å²) in [6.45, 7) is 3.97. The Hall–Kier alpha value is -1.91. The van der Waals surface area contributed by atoms with Gasteiger partial charge in [-0.15, -0.1) is 0 Å². The van der Waals surface area contributed by atoms with E-state index in [-0.39, 0.29) is 0 Å². The highest BCUT2D eigenvalue weighted by molar-refractivity contribution is 5.88. The van der Waals surface area contributed by atoms with Crippen molar-refractivity contribution >= 4 is 16.7 Å². The van der Waals surface area contributed by atoms with E-state index in [0.29, 0.717) is 19.5 Å². The van der Waals surface area contributed by atoms with Crippen LogP contribution >= 0.6 is 0 Å². The van der Waals surface area contributed by atoms with Crippen molar-refractivity contribution in [1.29, 1.82) is 0 Å². The summed E-state index contributed by atoms with van der Waals surface area (Å²) in [5.74, 6) is -1.53. The van der Waals surface area contributed by atoms with Crippen molar-refractivity contribution in [3.8, 4) is 0 Å². The van der Waals surface area contributed by atoms with Gasteiger partial charge in [0.2, 0.25) is 0 Å². The molecule has 1 heterocycles. The van der Waals surface area contributed by atoms with Crippen LogP contribution in [0.15, 0.2) is 36.4 Å². The van der Waals surface area contributed by atoms with Crippen LogP contribution in [0, 0.1) is 12.8 Å². The zero-order chi connectivity index (χ0) is 15.7. The van der Waals surface area contributed by atoms with Gasteiger partial charge in [0.15, 0.2) is 0 Å². The predicted octanol–water partition coefficient (Wildman–Crippen LogP) is 2.42. The topological polar surface area (TPSA) is 60.8 Å². The van der Waals surface area contributed by atoms with E-state index < -0.39 is 18.0 Å². The summed E-state index contributed by atoms with van der Waals surface area (Å²) in [7, 11) is 0. The molecule has 0 aliphatic carbocycles. The van der Waals surface area contributed by atoms with Gasteiger partial charge in [-0.2, -0.15) is 0 Å². The third-order valence-corrected chi connectivity index (χ3v) is 4.61. The number of carboxylic acid groups (broad SMARTS) is 1. The quantitative estimate of drug-likeness (QED) is 0.914. The molecule has 4 nitrogen and oxygen atoms in total. The minimum atomic E-state index is -0.895. The van der Waals surface area contributed by atoms with E-state index in [9.17, 15) is 9.90 Å². The summed E-state index contributed by atoms with van der Waals surface area (Å²) in [6, 6.07) is 12.6. The van der Waals surface area contributed by atoms with Crippen LogP contribution in [-0.4, -0.2) is 40.3 Å². The number of aliphatic hydroxyl groups excluding tert-OH is 1. The molecule has 0 aromatic heterocycles. The lowest BCUT2D eigenvalue weighted by Crippen LogP contribution is -2.46. The highest BCUT2D eigenvalue weighted by atomic mass is 16.4. The minimum absolute atomic E-state index is 0.416. The summed E-state index contributed by atoms with van der Waals surface area (Å²) in [5.41, 5.74) is 2.48. The van der Waals surface area contributed by atoms with Crippen LogP contribution in [0.4, 0.5) is 0 Å². The Morgan fingerprint density at radius 3 is 2.64 bits per heavy atom. The number of hydrogen-bond donors (Lipinski definition) is 2. The first kappa shape index (κ1) is 15.0. The Balaban J connectivity index is 1.80. The van der Waals surface area contributed by atoms with Crippen molar-refractivity contribution in [2.45, 2.75) is 26.0 Å². The summed E-state index contributed by atoms with van der Waals surface area (Å²) >= 11 is 0. The second kappa shape index (κ2) is 6.07. The number of nitrogens with zero attached hydrogens (tertiary/aromatic N) is 1. The number of rotatable bonds is 3. The summed E-state index contributed by atoms with van der Waals surface area (Å²) < 4.78 is 0. The lowest BCUT2D eigenvalue weighted by molar-refractivity contribution is -0.148. The van der Waals surface area contributed by atoms with E-state index in [0.717, 1.165) is 6.54 Å². The molecule has 0 spiro atoms. The maximum atomic E-state index is 11.1. The molecule has 0 radical (unpaired) electrons. The lowest BCUT2D eigenvalue weighted by atomic mass is 9.93. The molecule has 4 heteroatoms. The number of likely N-dealkylation sites (tertiary alicyclic amines) is 1. The summed E-state index contributed by atoms with van der Waals surface area (Å²) in [5, 5.41) is 21.6. The predicted molar refractivity (Wildman–Crippen MR) is 85.7 cm³/mol. The molecular weight excluding hydrogens is 278 g/mol. The highest BCUT2D eigenvalue weighted by Crippen LogP contribution is 2.25. The molecule has 1 aliphatic rings. The molecule has 0 amide bonds. The average Bonchev–Trinajstić information content (AvgIpc) is 2.50. The Bertz CT molecular complexity index is 698. The fourth-order valence-corrected chi connectivity index (χ4v) is 3.32. The van der Waals surface area contributed by atoms with Crippen LogP contribution in [0.1, 0.15) is 17.5 Å². The van der Waals surface area contributed by atoms with Gasteiger partial charge in [0.1, 0.15) is 0 Å². The van der Waals surface area contributed by atoms with E-state index in [1.54, 1.807) is 0 Å². The molecule has 0 saturated carbocycles. The summed E-state index contributed by atoms with van der Waals surface area (Å²) in [6.07, 6.45) is -0.289. The second-order valence-corrected chi connectivity index (χ2v) is 6.12. The van der Waals surface area contributed by atoms with Crippen LogP contribution in [0.3, 0.4) is 0 Å². The van der Waals surface area contributed by atoms with Gasteiger partial charge < -0.3 is 10.2 Å². The maximum absolute atomic E-state index is 11.1. The molecule has 0 bridgehead atoms. The highest BCUT2D eigenvalue weighted by Gasteiger charge is 2.32. The van der Waals surface area contributed by atoms with Gasteiger partial charge in [0.25, 0.3) is 0 Å². The van der Waals surface area contributed by atoms with E-state index in [4.69, 9.17) is 5.11 Å². The molecule has 116 valence electrons. The first-order valence-electron chi connectivity index (χ1n) is 7.66. The molecule has 2 aromatic carbocycles. The van der Waals surface area contributed by atoms with Gasteiger partial charge in [-0.05, 0) is 41.8 Å². The third kappa shape index (κ3) is 2.85. The van der Waals surface area contributed by atoms with E-state index in [2.05, 4.69) is 36.1 Å². The Labute approximate surface area is 130 Å². The van der Waals surface area contributed by atoms with Crippen LogP contribution < -0.4 is 0 Å². The Morgan fingerprint density at radius 1 is 1.23 bits per heavy atom. The fraction of sp³-hybridized carbons (Fsp3) is 0.389. The Kier molecular flexibility index (Phi) is 4.14. The van der Waals surface area contributed by atoms with Gasteiger partial charge in [0.05, 0.1) is 12.0 Å². The van der Waals surface area contributed by atoms with Crippen molar-refractivity contribution in [3.05, 3.63) is 47.5 Å². The normalized spacial score (nSPS) is 22.8. The first-order valence-corrected chi connectivity index (χ1v) is 7.66. The molecule has 2 N–H and O–H groups in total. The molecule has 2 atom stereocenters. The van der Waals surface area contributed by atoms with Gasteiger partial charge in [-0.25, -0.2) is 0 Å². The van der Waals surface area contributed by atoms with Gasteiger partial charge in [-0.3, -0.25) is 9.69 Å². The standard InChI is InChI=1S/C18H21NO3/c1-12-6-7-13(15-5-3-2-4-14(12)15)10-19-9-8-16(18(21)22)17(20)11-19/h2-7,16-17,20H,8-11H2,1H3,(H,21,22)/t16-,17+/m0/s1. The average molecular weight is 299 g/mol. The molecule has 0 unspecified atom stereocenters. The van der Waals surface area contributed by atoms with Crippen LogP contribution in [0.2, 0.25) is 0 Å². The Morgan fingerprint density at radius 2 is 1.95 bits per heavy atom. The smallest absolute Gasteiger partial charge is 0.309 e. The number of aryl methyl sites for hydroxylation is 1. The third-order valence-electron chi connectivity index (χ3n) is 4.61. The number of fused-ring (bicyclic) bond motifs is 1. The van der Waals surface area contributed by atoms with Crippen molar-refractivity contribution in [2.75, 3.05) is 13.1 Å². The number of β-amino-alcohol motifs (C(OH)–C–C–N with tert-alkyl or cyclic N) is 1. The zero-order valence-electron chi connectivity index (χ0n) is 12.7. The fourth-order valence-electron chi connectivity index (χ4n) is 3.32. The number of benzene rings is 2. The van der Waals surface area contributed by atoms with Crippen LogP contribution in [0.5, 0.6) is 0 Å². The van der Waals surface area contributed by atoms with Gasteiger partial charge in [-0.1, -0.05) is 36.4 Å². The largest absolute Gasteiger partial charge is 0.481 e. The number of carboxylic acids is 1.